The molecular weight excluding hydrogens is 302 g/mol. The lowest BCUT2D eigenvalue weighted by atomic mass is 10.0. The van der Waals surface area contributed by atoms with Gasteiger partial charge in [-0.05, 0) is 35.7 Å². The van der Waals surface area contributed by atoms with Crippen molar-refractivity contribution >= 4 is 27.4 Å². The minimum Gasteiger partial charge on any atom is -0.373 e. The fourth-order valence-corrected chi connectivity index (χ4v) is 2.38. The number of hydrogen-bond acceptors (Lipinski definition) is 5. The van der Waals surface area contributed by atoms with Crippen molar-refractivity contribution in [1.29, 1.82) is 0 Å². The highest BCUT2D eigenvalue weighted by atomic mass is 79.9. The number of rotatable bonds is 4. The number of hydrogen-bond donors (Lipinski definition) is 1. The van der Waals surface area contributed by atoms with E-state index in [1.54, 1.807) is 0 Å². The van der Waals surface area contributed by atoms with Crippen molar-refractivity contribution in [3.8, 4) is 0 Å². The number of nitro groups is 1. The van der Waals surface area contributed by atoms with Crippen molar-refractivity contribution in [3.63, 3.8) is 0 Å². The smallest absolute Gasteiger partial charge is 0.288 e. The Hall–Kier alpha value is -1.21. The first-order chi connectivity index (χ1) is 8.50. The van der Waals surface area contributed by atoms with E-state index in [1.165, 1.54) is 12.3 Å². The zero-order valence-electron chi connectivity index (χ0n) is 9.98. The van der Waals surface area contributed by atoms with E-state index in [0.29, 0.717) is 16.8 Å². The van der Waals surface area contributed by atoms with E-state index in [-0.39, 0.29) is 11.3 Å². The van der Waals surface area contributed by atoms with E-state index in [9.17, 15) is 10.1 Å². The summed E-state index contributed by atoms with van der Waals surface area (Å²) in [5, 5.41) is 13.7. The Bertz CT molecular complexity index is 461. The second kappa shape index (κ2) is 5.19. The second-order valence-corrected chi connectivity index (χ2v) is 5.39. The van der Waals surface area contributed by atoms with Crippen LogP contribution in [0.3, 0.4) is 0 Å². The Kier molecular flexibility index (Phi) is 3.82. The number of halogens is 1. The Morgan fingerprint density at radius 1 is 1.72 bits per heavy atom. The van der Waals surface area contributed by atoms with Crippen molar-refractivity contribution in [2.45, 2.75) is 25.4 Å². The first-order valence-electron chi connectivity index (χ1n) is 5.68. The summed E-state index contributed by atoms with van der Waals surface area (Å²) in [5.41, 5.74) is -0.209. The summed E-state index contributed by atoms with van der Waals surface area (Å²) in [7, 11) is 0. The molecular formula is C11H14BrN3O3. The number of anilines is 1. The number of nitrogens with one attached hydrogen (secondary N) is 1. The molecule has 0 aliphatic carbocycles. The fourth-order valence-electron chi connectivity index (χ4n) is 1.90. The SMILES string of the molecule is CC1(CNc2ncc([N+](=O)[O-])cc2Br)CCCO1. The van der Waals surface area contributed by atoms with Crippen molar-refractivity contribution in [2.24, 2.45) is 0 Å². The van der Waals surface area contributed by atoms with Crippen LogP contribution in [0, 0.1) is 10.1 Å². The summed E-state index contributed by atoms with van der Waals surface area (Å²) in [5.74, 6) is 0.595. The molecule has 1 aliphatic rings. The van der Waals surface area contributed by atoms with Gasteiger partial charge < -0.3 is 10.1 Å². The highest BCUT2D eigenvalue weighted by molar-refractivity contribution is 9.10. The Morgan fingerprint density at radius 3 is 3.06 bits per heavy atom. The monoisotopic (exact) mass is 315 g/mol. The van der Waals surface area contributed by atoms with Crippen LogP contribution in [0.4, 0.5) is 11.5 Å². The second-order valence-electron chi connectivity index (χ2n) is 4.54. The molecule has 7 heteroatoms. The van der Waals surface area contributed by atoms with Gasteiger partial charge in [0.25, 0.3) is 5.69 Å². The molecule has 0 radical (unpaired) electrons. The highest BCUT2D eigenvalue weighted by Gasteiger charge is 2.29. The summed E-state index contributed by atoms with van der Waals surface area (Å²) in [6.45, 7) is 3.47. The maximum absolute atomic E-state index is 10.6. The summed E-state index contributed by atoms with van der Waals surface area (Å²) in [4.78, 5) is 14.2. The van der Waals surface area contributed by atoms with Gasteiger partial charge in [0.15, 0.2) is 0 Å². The van der Waals surface area contributed by atoms with Gasteiger partial charge in [0.05, 0.1) is 15.0 Å². The van der Waals surface area contributed by atoms with Crippen LogP contribution >= 0.6 is 15.9 Å². The lowest BCUT2D eigenvalue weighted by molar-refractivity contribution is -0.385. The van der Waals surface area contributed by atoms with Gasteiger partial charge >= 0.3 is 0 Å². The summed E-state index contributed by atoms with van der Waals surface area (Å²) >= 11 is 3.27. The third-order valence-electron chi connectivity index (χ3n) is 2.97. The average molecular weight is 316 g/mol. The van der Waals surface area contributed by atoms with E-state index >= 15 is 0 Å². The van der Waals surface area contributed by atoms with Crippen molar-refractivity contribution in [2.75, 3.05) is 18.5 Å². The molecule has 1 aromatic rings. The van der Waals surface area contributed by atoms with Crippen LogP contribution < -0.4 is 5.32 Å². The first-order valence-corrected chi connectivity index (χ1v) is 6.47. The summed E-state index contributed by atoms with van der Waals surface area (Å²) in [6.07, 6.45) is 3.31. The molecule has 6 nitrogen and oxygen atoms in total. The molecule has 1 aromatic heterocycles. The molecule has 2 rings (SSSR count). The zero-order chi connectivity index (χ0) is 13.2. The van der Waals surface area contributed by atoms with Gasteiger partial charge in [0.1, 0.15) is 12.0 Å². The zero-order valence-corrected chi connectivity index (χ0v) is 11.6. The fraction of sp³-hybridized carbons (Fsp3) is 0.545. The van der Waals surface area contributed by atoms with Crippen LogP contribution in [-0.4, -0.2) is 28.7 Å². The first kappa shape index (κ1) is 13.2. The van der Waals surface area contributed by atoms with Gasteiger partial charge in [0.2, 0.25) is 0 Å². The van der Waals surface area contributed by atoms with Crippen molar-refractivity contribution < 1.29 is 9.66 Å². The van der Waals surface area contributed by atoms with Gasteiger partial charge in [-0.15, -0.1) is 0 Å². The molecule has 98 valence electrons. The number of nitrogens with zero attached hydrogens (tertiary/aromatic N) is 2. The number of pyridine rings is 1. The van der Waals surface area contributed by atoms with Gasteiger partial charge in [-0.2, -0.15) is 0 Å². The quantitative estimate of drug-likeness (QED) is 0.682. The molecule has 0 bridgehead atoms. The molecule has 0 spiro atoms. The molecule has 0 amide bonds. The largest absolute Gasteiger partial charge is 0.373 e. The molecule has 1 atom stereocenters. The Balaban J connectivity index is 2.03. The molecule has 1 saturated heterocycles. The predicted molar refractivity (Wildman–Crippen MR) is 70.7 cm³/mol. The van der Waals surface area contributed by atoms with Gasteiger partial charge in [0, 0.05) is 19.2 Å². The minimum atomic E-state index is -0.469. The predicted octanol–water partition coefficient (Wildman–Crippen LogP) is 2.73. The van der Waals surface area contributed by atoms with Crippen LogP contribution in [0.15, 0.2) is 16.7 Å². The topological polar surface area (TPSA) is 77.3 Å². The van der Waals surface area contributed by atoms with Crippen LogP contribution in [0.25, 0.3) is 0 Å². The maximum Gasteiger partial charge on any atom is 0.288 e. The highest BCUT2D eigenvalue weighted by Crippen LogP contribution is 2.28. The maximum atomic E-state index is 10.6. The van der Waals surface area contributed by atoms with Crippen molar-refractivity contribution in [1.82, 2.24) is 4.98 Å². The number of ether oxygens (including phenoxy) is 1. The normalized spacial score (nSPS) is 23.0. The van der Waals surface area contributed by atoms with Crippen LogP contribution in [0.2, 0.25) is 0 Å². The lowest BCUT2D eigenvalue weighted by Crippen LogP contribution is -2.32. The van der Waals surface area contributed by atoms with Gasteiger partial charge in [-0.25, -0.2) is 4.98 Å². The minimum absolute atomic E-state index is 0.0317. The summed E-state index contributed by atoms with van der Waals surface area (Å²) in [6, 6.07) is 1.44. The Morgan fingerprint density at radius 2 is 2.50 bits per heavy atom. The average Bonchev–Trinajstić information content (AvgIpc) is 2.75. The van der Waals surface area contributed by atoms with Crippen LogP contribution in [0.5, 0.6) is 0 Å². The molecule has 1 aliphatic heterocycles. The molecule has 18 heavy (non-hydrogen) atoms. The third kappa shape index (κ3) is 2.97. The molecule has 0 saturated carbocycles. The van der Waals surface area contributed by atoms with E-state index in [2.05, 4.69) is 26.2 Å². The van der Waals surface area contributed by atoms with E-state index < -0.39 is 4.92 Å². The molecule has 0 aromatic carbocycles. The third-order valence-corrected chi connectivity index (χ3v) is 3.57. The van der Waals surface area contributed by atoms with Crippen LogP contribution in [-0.2, 0) is 4.74 Å². The van der Waals surface area contributed by atoms with Crippen molar-refractivity contribution in [3.05, 3.63) is 26.9 Å². The number of aromatic nitrogens is 1. The Labute approximate surface area is 113 Å². The molecule has 2 heterocycles. The summed E-state index contributed by atoms with van der Waals surface area (Å²) < 4.78 is 6.23. The van der Waals surface area contributed by atoms with Crippen LogP contribution in [0.1, 0.15) is 19.8 Å². The van der Waals surface area contributed by atoms with E-state index in [0.717, 1.165) is 19.4 Å². The van der Waals surface area contributed by atoms with Gasteiger partial charge in [-0.1, -0.05) is 0 Å². The van der Waals surface area contributed by atoms with Gasteiger partial charge in [-0.3, -0.25) is 10.1 Å². The molecule has 1 unspecified atom stereocenters. The lowest BCUT2D eigenvalue weighted by Gasteiger charge is -2.23. The van der Waals surface area contributed by atoms with E-state index in [4.69, 9.17) is 4.74 Å². The molecule has 1 fully saturated rings. The standard InChI is InChI=1S/C11H14BrN3O3/c1-11(3-2-4-18-11)7-14-10-9(12)5-8(6-13-10)15(16)17/h5-6H,2-4,7H2,1H3,(H,13,14). The molecule has 1 N–H and O–H groups in total. The van der Waals surface area contributed by atoms with E-state index in [1.807, 2.05) is 6.92 Å².